The Labute approximate surface area is 163 Å². The minimum Gasteiger partial charge on any atom is -0.321 e. The Hall–Kier alpha value is -2.44. The monoisotopic (exact) mass is 459 g/mol. The van der Waals surface area contributed by atoms with Crippen LogP contribution in [0.15, 0.2) is 35.1 Å². The van der Waals surface area contributed by atoms with Gasteiger partial charge in [-0.3, -0.25) is 4.79 Å². The summed E-state index contributed by atoms with van der Waals surface area (Å²) in [6, 6.07) is 6.24. The number of alkyl halides is 3. The van der Waals surface area contributed by atoms with Gasteiger partial charge in [-0.05, 0) is 40.2 Å². The first-order valence-corrected chi connectivity index (χ1v) is 8.43. The molecule has 1 heterocycles. The maximum Gasteiger partial charge on any atom is 0.406 e. The number of hydrogen-bond donors (Lipinski definition) is 0. The van der Waals surface area contributed by atoms with Crippen LogP contribution in [0.3, 0.4) is 0 Å². The van der Waals surface area contributed by atoms with Gasteiger partial charge in [0.2, 0.25) is 0 Å². The summed E-state index contributed by atoms with van der Waals surface area (Å²) < 4.78 is 52.5. The van der Waals surface area contributed by atoms with E-state index in [9.17, 15) is 27.6 Å². The molecular weight excluding hydrogens is 454 g/mol. The quantitative estimate of drug-likeness (QED) is 0.396. The molecule has 138 valence electrons. The predicted octanol–water partition coefficient (Wildman–Crippen LogP) is 5.26. The van der Waals surface area contributed by atoms with Crippen LogP contribution in [0, 0.1) is 17.1 Å². The van der Waals surface area contributed by atoms with Crippen molar-refractivity contribution >= 4 is 44.3 Å². The second-order valence-corrected chi connectivity index (χ2v) is 6.79. The standard InChI is InChI=1S/C17H7BrClF4N3O/c18-11-4-13-15(25-7-26(13)6-17(21,22)23)10(5-24)14(11)16(27)9-3-8(20)1-2-12(9)19/h1-4,7H,6H2. The average molecular weight is 461 g/mol. The van der Waals surface area contributed by atoms with Gasteiger partial charge in [-0.25, -0.2) is 9.37 Å². The lowest BCUT2D eigenvalue weighted by atomic mass is 9.97. The number of aromatic nitrogens is 2. The van der Waals surface area contributed by atoms with E-state index in [0.29, 0.717) is 0 Å². The molecule has 0 fully saturated rings. The number of halogens is 6. The van der Waals surface area contributed by atoms with Gasteiger partial charge in [0.15, 0.2) is 5.78 Å². The highest BCUT2D eigenvalue weighted by Crippen LogP contribution is 2.33. The van der Waals surface area contributed by atoms with Crippen LogP contribution in [0.5, 0.6) is 0 Å². The van der Waals surface area contributed by atoms with Crippen LogP contribution in [-0.2, 0) is 6.54 Å². The zero-order valence-corrected chi connectivity index (χ0v) is 15.5. The maximum atomic E-state index is 13.5. The normalized spacial score (nSPS) is 11.6. The smallest absolute Gasteiger partial charge is 0.321 e. The number of carbonyl (C=O) groups is 1. The molecule has 2 aromatic carbocycles. The SMILES string of the molecule is N#Cc1c(C(=O)c2cc(F)ccc2Cl)c(Br)cc2c1ncn2CC(F)(F)F. The fraction of sp³-hybridized carbons (Fsp3) is 0.118. The highest BCUT2D eigenvalue weighted by Gasteiger charge is 2.30. The van der Waals surface area contributed by atoms with E-state index < -0.39 is 24.3 Å². The summed E-state index contributed by atoms with van der Waals surface area (Å²) >= 11 is 9.07. The fourth-order valence-corrected chi connectivity index (χ4v) is 3.42. The van der Waals surface area contributed by atoms with E-state index in [-0.39, 0.29) is 37.2 Å². The van der Waals surface area contributed by atoms with Gasteiger partial charge in [-0.2, -0.15) is 18.4 Å². The highest BCUT2D eigenvalue weighted by molar-refractivity contribution is 9.10. The summed E-state index contributed by atoms with van der Waals surface area (Å²) in [5.41, 5.74) is -0.609. The van der Waals surface area contributed by atoms with Crippen molar-refractivity contribution in [1.29, 1.82) is 5.26 Å². The van der Waals surface area contributed by atoms with E-state index in [0.717, 1.165) is 23.0 Å². The Balaban J connectivity index is 2.23. The minimum atomic E-state index is -4.49. The third-order valence-electron chi connectivity index (χ3n) is 3.73. The topological polar surface area (TPSA) is 58.7 Å². The van der Waals surface area contributed by atoms with Crippen molar-refractivity contribution in [3.63, 3.8) is 0 Å². The van der Waals surface area contributed by atoms with E-state index in [2.05, 4.69) is 20.9 Å². The number of fused-ring (bicyclic) bond motifs is 1. The van der Waals surface area contributed by atoms with Crippen LogP contribution >= 0.6 is 27.5 Å². The molecule has 0 saturated heterocycles. The van der Waals surface area contributed by atoms with E-state index >= 15 is 0 Å². The van der Waals surface area contributed by atoms with Crippen LogP contribution in [0.25, 0.3) is 11.0 Å². The number of benzene rings is 2. The Morgan fingerprint density at radius 2 is 2.04 bits per heavy atom. The molecule has 10 heteroatoms. The zero-order valence-electron chi connectivity index (χ0n) is 13.1. The molecular formula is C17H7BrClF4N3O. The van der Waals surface area contributed by atoms with Gasteiger partial charge in [0.1, 0.15) is 23.9 Å². The van der Waals surface area contributed by atoms with Gasteiger partial charge in [-0.15, -0.1) is 0 Å². The summed E-state index contributed by atoms with van der Waals surface area (Å²) in [5, 5.41) is 9.47. The van der Waals surface area contributed by atoms with Crippen molar-refractivity contribution < 1.29 is 22.4 Å². The number of hydrogen-bond acceptors (Lipinski definition) is 3. The molecule has 0 unspecified atom stereocenters. The second kappa shape index (κ2) is 6.94. The van der Waals surface area contributed by atoms with Gasteiger partial charge in [-0.1, -0.05) is 11.6 Å². The van der Waals surface area contributed by atoms with E-state index in [4.69, 9.17) is 11.6 Å². The first kappa shape index (κ1) is 19.3. The van der Waals surface area contributed by atoms with Crippen molar-refractivity contribution in [2.75, 3.05) is 0 Å². The molecule has 0 aliphatic carbocycles. The maximum absolute atomic E-state index is 13.5. The number of ketones is 1. The van der Waals surface area contributed by atoms with Crippen LogP contribution in [0.4, 0.5) is 17.6 Å². The first-order chi connectivity index (χ1) is 12.6. The lowest BCUT2D eigenvalue weighted by Crippen LogP contribution is -2.17. The van der Waals surface area contributed by atoms with Crippen molar-refractivity contribution in [3.05, 3.63) is 62.6 Å². The lowest BCUT2D eigenvalue weighted by Gasteiger charge is -2.11. The second-order valence-electron chi connectivity index (χ2n) is 5.53. The highest BCUT2D eigenvalue weighted by atomic mass is 79.9. The predicted molar refractivity (Wildman–Crippen MR) is 93.0 cm³/mol. The van der Waals surface area contributed by atoms with Crippen LogP contribution in [-0.4, -0.2) is 21.5 Å². The molecule has 0 N–H and O–H groups in total. The number of imidazole rings is 1. The van der Waals surface area contributed by atoms with E-state index in [1.165, 1.54) is 12.1 Å². The lowest BCUT2D eigenvalue weighted by molar-refractivity contribution is -0.139. The molecule has 27 heavy (non-hydrogen) atoms. The summed E-state index contributed by atoms with van der Waals surface area (Å²) in [5.74, 6) is -1.46. The number of rotatable bonds is 3. The largest absolute Gasteiger partial charge is 0.406 e. The van der Waals surface area contributed by atoms with E-state index in [1.54, 1.807) is 6.07 Å². The van der Waals surface area contributed by atoms with Crippen LogP contribution in [0.1, 0.15) is 21.5 Å². The molecule has 0 aliphatic heterocycles. The molecule has 0 aliphatic rings. The summed E-state index contributed by atoms with van der Waals surface area (Å²) in [4.78, 5) is 16.7. The molecule has 0 bridgehead atoms. The zero-order chi connectivity index (χ0) is 19.9. The first-order valence-electron chi connectivity index (χ1n) is 7.26. The van der Waals surface area contributed by atoms with Gasteiger partial charge >= 0.3 is 6.18 Å². The molecule has 4 nitrogen and oxygen atoms in total. The number of nitrogens with zero attached hydrogens (tertiary/aromatic N) is 3. The Bertz CT molecular complexity index is 1120. The molecule has 0 atom stereocenters. The average Bonchev–Trinajstić information content (AvgIpc) is 2.95. The van der Waals surface area contributed by atoms with Crippen molar-refractivity contribution in [2.24, 2.45) is 0 Å². The van der Waals surface area contributed by atoms with Gasteiger partial charge in [0, 0.05) is 10.0 Å². The third kappa shape index (κ3) is 3.68. The molecule has 0 saturated carbocycles. The number of carbonyl (C=O) groups excluding carboxylic acids is 1. The van der Waals surface area contributed by atoms with Crippen LogP contribution < -0.4 is 0 Å². The Morgan fingerprint density at radius 1 is 1.33 bits per heavy atom. The molecule has 0 radical (unpaired) electrons. The van der Waals surface area contributed by atoms with Gasteiger partial charge < -0.3 is 4.57 Å². The molecule has 0 spiro atoms. The third-order valence-corrected chi connectivity index (χ3v) is 4.68. The van der Waals surface area contributed by atoms with E-state index in [1.807, 2.05) is 0 Å². The summed E-state index contributed by atoms with van der Waals surface area (Å²) in [6.07, 6.45) is -3.55. The number of nitriles is 1. The molecule has 3 rings (SSSR count). The molecule has 1 aromatic heterocycles. The summed E-state index contributed by atoms with van der Waals surface area (Å²) in [6.45, 7) is -1.30. The van der Waals surface area contributed by atoms with Gasteiger partial charge in [0.25, 0.3) is 0 Å². The Morgan fingerprint density at radius 3 is 2.67 bits per heavy atom. The van der Waals surface area contributed by atoms with Crippen molar-refractivity contribution in [2.45, 2.75) is 12.7 Å². The van der Waals surface area contributed by atoms with Crippen molar-refractivity contribution in [1.82, 2.24) is 9.55 Å². The van der Waals surface area contributed by atoms with Gasteiger partial charge in [0.05, 0.1) is 28.0 Å². The minimum absolute atomic E-state index is 0.0256. The summed E-state index contributed by atoms with van der Waals surface area (Å²) in [7, 11) is 0. The fourth-order valence-electron chi connectivity index (χ4n) is 2.62. The molecule has 0 amide bonds. The molecule has 3 aromatic rings. The van der Waals surface area contributed by atoms with Crippen molar-refractivity contribution in [3.8, 4) is 6.07 Å². The Kier molecular flexibility index (Phi) is 4.97. The van der Waals surface area contributed by atoms with Crippen LogP contribution in [0.2, 0.25) is 5.02 Å².